The Bertz CT molecular complexity index is 483. The molecule has 1 N–H and O–H groups in total. The van der Waals surface area contributed by atoms with Gasteiger partial charge < -0.3 is 9.52 Å². The first-order valence-corrected chi connectivity index (χ1v) is 4.55. The number of carboxylic acid groups (broad SMARTS) is 1. The van der Waals surface area contributed by atoms with E-state index in [0.29, 0.717) is 17.3 Å². The van der Waals surface area contributed by atoms with Crippen LogP contribution in [0.3, 0.4) is 0 Å². The molecule has 0 unspecified atom stereocenters. The van der Waals surface area contributed by atoms with Crippen molar-refractivity contribution < 1.29 is 14.3 Å². The Morgan fingerprint density at radius 1 is 1.31 bits per heavy atom. The minimum Gasteiger partial charge on any atom is -0.481 e. The fourth-order valence-electron chi connectivity index (χ4n) is 1.09. The van der Waals surface area contributed by atoms with Crippen molar-refractivity contribution >= 4 is 5.97 Å². The summed E-state index contributed by atoms with van der Waals surface area (Å²) in [5.41, 5.74) is 0.608. The number of carboxylic acids is 1. The predicted octanol–water partition coefficient (Wildman–Crippen LogP) is 0.544. The minimum atomic E-state index is -0.900. The molecule has 0 bridgehead atoms. The van der Waals surface area contributed by atoms with Crippen molar-refractivity contribution in [2.45, 2.75) is 12.8 Å². The number of hydrogen-bond acceptors (Lipinski definition) is 6. The average molecular weight is 220 g/mol. The number of aliphatic carboxylic acids is 1. The second-order valence-electron chi connectivity index (χ2n) is 3.02. The van der Waals surface area contributed by atoms with E-state index in [4.69, 9.17) is 9.52 Å². The van der Waals surface area contributed by atoms with Crippen molar-refractivity contribution in [3.8, 4) is 11.5 Å². The molecule has 2 aromatic heterocycles. The zero-order valence-electron chi connectivity index (χ0n) is 8.20. The lowest BCUT2D eigenvalue weighted by atomic mass is 10.3. The van der Waals surface area contributed by atoms with Crippen LogP contribution in [-0.4, -0.2) is 31.2 Å². The van der Waals surface area contributed by atoms with Gasteiger partial charge in [-0.15, -0.1) is 10.2 Å². The zero-order valence-corrected chi connectivity index (χ0v) is 8.20. The van der Waals surface area contributed by atoms with Gasteiger partial charge in [-0.2, -0.15) is 0 Å². The van der Waals surface area contributed by atoms with Crippen LogP contribution in [0, 0.1) is 0 Å². The molecule has 0 amide bonds. The lowest BCUT2D eigenvalue weighted by molar-refractivity contribution is -0.137. The lowest BCUT2D eigenvalue weighted by Gasteiger charge is -1.91. The molecule has 0 aromatic carbocycles. The van der Waals surface area contributed by atoms with E-state index in [9.17, 15) is 4.79 Å². The van der Waals surface area contributed by atoms with E-state index in [-0.39, 0.29) is 12.8 Å². The van der Waals surface area contributed by atoms with Gasteiger partial charge in [0.05, 0.1) is 12.0 Å². The van der Waals surface area contributed by atoms with Crippen molar-refractivity contribution in [1.82, 2.24) is 20.2 Å². The molecule has 7 nitrogen and oxygen atoms in total. The molecule has 0 saturated heterocycles. The van der Waals surface area contributed by atoms with E-state index in [1.165, 1.54) is 6.33 Å². The molecular formula is C9H8N4O3. The van der Waals surface area contributed by atoms with E-state index in [0.717, 1.165) is 0 Å². The van der Waals surface area contributed by atoms with Crippen LogP contribution in [-0.2, 0) is 11.2 Å². The molecule has 0 aliphatic heterocycles. The molecular weight excluding hydrogens is 212 g/mol. The summed E-state index contributed by atoms with van der Waals surface area (Å²) < 4.78 is 5.25. The van der Waals surface area contributed by atoms with Crippen LogP contribution >= 0.6 is 0 Å². The van der Waals surface area contributed by atoms with E-state index in [1.807, 2.05) is 0 Å². The van der Waals surface area contributed by atoms with E-state index in [1.54, 1.807) is 12.4 Å². The molecule has 0 spiro atoms. The zero-order chi connectivity index (χ0) is 11.4. The number of aromatic nitrogens is 4. The summed E-state index contributed by atoms with van der Waals surface area (Å²) in [6.07, 6.45) is 4.66. The fourth-order valence-corrected chi connectivity index (χ4v) is 1.09. The monoisotopic (exact) mass is 220 g/mol. The van der Waals surface area contributed by atoms with Crippen molar-refractivity contribution in [3.63, 3.8) is 0 Å². The Morgan fingerprint density at radius 3 is 2.75 bits per heavy atom. The summed E-state index contributed by atoms with van der Waals surface area (Å²) in [5.74, 6) is -0.315. The molecule has 0 fully saturated rings. The van der Waals surface area contributed by atoms with Gasteiger partial charge in [0.15, 0.2) is 0 Å². The molecule has 7 heteroatoms. The van der Waals surface area contributed by atoms with Crippen molar-refractivity contribution in [2.24, 2.45) is 0 Å². The third-order valence-corrected chi connectivity index (χ3v) is 1.83. The van der Waals surface area contributed by atoms with Crippen molar-refractivity contribution in [3.05, 3.63) is 24.6 Å². The van der Waals surface area contributed by atoms with Crippen LogP contribution < -0.4 is 0 Å². The van der Waals surface area contributed by atoms with Crippen LogP contribution in [0.5, 0.6) is 0 Å². The van der Waals surface area contributed by atoms with Crippen LogP contribution in [0.15, 0.2) is 23.1 Å². The maximum absolute atomic E-state index is 10.3. The number of rotatable bonds is 4. The van der Waals surface area contributed by atoms with Crippen LogP contribution in [0.2, 0.25) is 0 Å². The Labute approximate surface area is 90.2 Å². The summed E-state index contributed by atoms with van der Waals surface area (Å²) in [5, 5.41) is 16.0. The topological polar surface area (TPSA) is 102 Å². The van der Waals surface area contributed by atoms with Crippen molar-refractivity contribution in [2.75, 3.05) is 0 Å². The van der Waals surface area contributed by atoms with Gasteiger partial charge in [-0.05, 0) is 0 Å². The van der Waals surface area contributed by atoms with Gasteiger partial charge in [-0.3, -0.25) is 4.79 Å². The summed E-state index contributed by atoms with van der Waals surface area (Å²) in [7, 11) is 0. The number of nitrogens with zero attached hydrogens (tertiary/aromatic N) is 4. The first-order chi connectivity index (χ1) is 7.75. The molecule has 0 radical (unpaired) electrons. The highest BCUT2D eigenvalue weighted by molar-refractivity contribution is 5.66. The number of aryl methyl sites for hydroxylation is 1. The van der Waals surface area contributed by atoms with Gasteiger partial charge in [0.1, 0.15) is 6.33 Å². The van der Waals surface area contributed by atoms with E-state index >= 15 is 0 Å². The van der Waals surface area contributed by atoms with Crippen molar-refractivity contribution in [1.29, 1.82) is 0 Å². The fraction of sp³-hybridized carbons (Fsp3) is 0.222. The Kier molecular flexibility index (Phi) is 2.86. The highest BCUT2D eigenvalue weighted by Gasteiger charge is 2.09. The maximum Gasteiger partial charge on any atom is 0.303 e. The molecule has 16 heavy (non-hydrogen) atoms. The highest BCUT2D eigenvalue weighted by Crippen LogP contribution is 2.15. The van der Waals surface area contributed by atoms with E-state index in [2.05, 4.69) is 20.2 Å². The predicted molar refractivity (Wildman–Crippen MR) is 51.3 cm³/mol. The standard InChI is InChI=1S/C9H8N4O3/c14-8(15)2-1-7-12-13-9(16-7)6-3-10-5-11-4-6/h3-5H,1-2H2,(H,14,15). The molecule has 2 aromatic rings. The van der Waals surface area contributed by atoms with Crippen LogP contribution in [0.1, 0.15) is 12.3 Å². The van der Waals surface area contributed by atoms with E-state index < -0.39 is 5.97 Å². The van der Waals surface area contributed by atoms with Gasteiger partial charge in [0.25, 0.3) is 5.89 Å². The lowest BCUT2D eigenvalue weighted by Crippen LogP contribution is -1.97. The second-order valence-corrected chi connectivity index (χ2v) is 3.02. The Morgan fingerprint density at radius 2 is 2.06 bits per heavy atom. The molecule has 0 saturated carbocycles. The van der Waals surface area contributed by atoms with Crippen LogP contribution in [0.25, 0.3) is 11.5 Å². The largest absolute Gasteiger partial charge is 0.481 e. The Balaban J connectivity index is 2.11. The van der Waals surface area contributed by atoms with Gasteiger partial charge >= 0.3 is 5.97 Å². The van der Waals surface area contributed by atoms with Gasteiger partial charge in [-0.25, -0.2) is 9.97 Å². The SMILES string of the molecule is O=C(O)CCc1nnc(-c2cncnc2)o1. The smallest absolute Gasteiger partial charge is 0.303 e. The van der Waals surface area contributed by atoms with Crippen LogP contribution in [0.4, 0.5) is 0 Å². The minimum absolute atomic E-state index is 0.0348. The maximum atomic E-state index is 10.3. The average Bonchev–Trinajstić information content (AvgIpc) is 2.76. The quantitative estimate of drug-likeness (QED) is 0.802. The second kappa shape index (κ2) is 4.47. The summed E-state index contributed by atoms with van der Waals surface area (Å²) in [6, 6.07) is 0. The third-order valence-electron chi connectivity index (χ3n) is 1.83. The third kappa shape index (κ3) is 2.38. The summed E-state index contributed by atoms with van der Waals surface area (Å²) in [6.45, 7) is 0. The highest BCUT2D eigenvalue weighted by atomic mass is 16.4. The van der Waals surface area contributed by atoms with Gasteiger partial charge in [0.2, 0.25) is 5.89 Å². The summed E-state index contributed by atoms with van der Waals surface area (Å²) in [4.78, 5) is 18.0. The number of carbonyl (C=O) groups is 1. The summed E-state index contributed by atoms with van der Waals surface area (Å²) >= 11 is 0. The molecule has 0 atom stereocenters. The van der Waals surface area contributed by atoms with Gasteiger partial charge in [-0.1, -0.05) is 0 Å². The molecule has 82 valence electrons. The first-order valence-electron chi connectivity index (χ1n) is 4.55. The van der Waals surface area contributed by atoms with Gasteiger partial charge in [0, 0.05) is 18.8 Å². The molecule has 2 heterocycles. The first kappa shape index (κ1) is 10.2. The Hall–Kier alpha value is -2.31. The number of hydrogen-bond donors (Lipinski definition) is 1. The normalized spacial score (nSPS) is 10.2. The molecule has 0 aliphatic carbocycles. The molecule has 2 rings (SSSR count). The molecule has 0 aliphatic rings.